The lowest BCUT2D eigenvalue weighted by Gasteiger charge is -2.05. The molecular weight excluding hydrogens is 366 g/mol. The Morgan fingerprint density at radius 3 is 2.56 bits per heavy atom. The molecule has 18 heavy (non-hydrogen) atoms. The largest absolute Gasteiger partial charge is 0.478 e. The maximum atomic E-state index is 10.9. The Bertz CT molecular complexity index is 632. The van der Waals surface area contributed by atoms with Gasteiger partial charge in [0, 0.05) is 21.3 Å². The summed E-state index contributed by atoms with van der Waals surface area (Å²) >= 11 is 6.67. The molecular formula is C11H7Br2N3O2. The average molecular weight is 373 g/mol. The van der Waals surface area contributed by atoms with Crippen LogP contribution in [-0.4, -0.2) is 26.0 Å². The number of rotatable bonds is 2. The van der Waals surface area contributed by atoms with Gasteiger partial charge in [-0.2, -0.15) is 0 Å². The fraction of sp³-hybridized carbons (Fsp3) is 0.0909. The summed E-state index contributed by atoms with van der Waals surface area (Å²) in [6, 6.07) is 1.83. The minimum atomic E-state index is -1.04. The van der Waals surface area contributed by atoms with Crippen molar-refractivity contribution in [3.05, 3.63) is 38.7 Å². The highest BCUT2D eigenvalue weighted by Crippen LogP contribution is 2.26. The van der Waals surface area contributed by atoms with E-state index in [-0.39, 0.29) is 5.56 Å². The second-order valence-corrected chi connectivity index (χ2v) is 5.25. The van der Waals surface area contributed by atoms with E-state index in [9.17, 15) is 4.79 Å². The van der Waals surface area contributed by atoms with Gasteiger partial charge in [0.25, 0.3) is 0 Å². The van der Waals surface area contributed by atoms with E-state index in [1.54, 1.807) is 13.1 Å². The molecule has 0 aliphatic rings. The van der Waals surface area contributed by atoms with Crippen LogP contribution in [0.15, 0.2) is 27.4 Å². The van der Waals surface area contributed by atoms with E-state index in [0.29, 0.717) is 17.2 Å². The quantitative estimate of drug-likeness (QED) is 0.876. The van der Waals surface area contributed by atoms with Crippen LogP contribution in [0.3, 0.4) is 0 Å². The molecule has 0 unspecified atom stereocenters. The maximum absolute atomic E-state index is 10.9. The maximum Gasteiger partial charge on any atom is 0.339 e. The van der Waals surface area contributed by atoms with Gasteiger partial charge in [-0.15, -0.1) is 0 Å². The number of carbonyl (C=O) groups is 1. The third kappa shape index (κ3) is 2.56. The van der Waals surface area contributed by atoms with Crippen LogP contribution in [0.2, 0.25) is 0 Å². The number of nitrogens with zero attached hydrogens (tertiary/aromatic N) is 3. The zero-order valence-electron chi connectivity index (χ0n) is 9.19. The summed E-state index contributed by atoms with van der Waals surface area (Å²) in [5.74, 6) is -0.654. The Balaban J connectivity index is 2.52. The summed E-state index contributed by atoms with van der Waals surface area (Å²) in [6.45, 7) is 1.63. The van der Waals surface area contributed by atoms with Crippen molar-refractivity contribution in [2.75, 3.05) is 0 Å². The third-order valence-corrected chi connectivity index (χ3v) is 3.27. The van der Waals surface area contributed by atoms with Gasteiger partial charge in [0.1, 0.15) is 5.69 Å². The first-order chi connectivity index (χ1) is 8.49. The zero-order chi connectivity index (χ0) is 13.3. The molecule has 0 aliphatic carbocycles. The number of hydrogen-bond acceptors (Lipinski definition) is 4. The standard InChI is InChI=1S/C11H7Br2N3O2/c1-5-7(11(17)18)4-15-10(16-5)9-8(13)2-6(12)3-14-9/h2-4H,1H3,(H,17,18). The molecule has 0 fully saturated rings. The number of aryl methyl sites for hydroxylation is 1. The molecule has 0 saturated carbocycles. The number of aromatic nitrogens is 3. The Kier molecular flexibility index (Phi) is 3.72. The van der Waals surface area contributed by atoms with Crippen molar-refractivity contribution in [3.8, 4) is 11.5 Å². The minimum absolute atomic E-state index is 0.0898. The van der Waals surface area contributed by atoms with Crippen LogP contribution in [0.5, 0.6) is 0 Å². The molecule has 0 spiro atoms. The van der Waals surface area contributed by atoms with E-state index in [1.807, 2.05) is 6.07 Å². The summed E-state index contributed by atoms with van der Waals surface area (Å²) in [6.07, 6.45) is 2.92. The molecule has 0 aromatic carbocycles. The average Bonchev–Trinajstić information content (AvgIpc) is 2.28. The molecule has 0 amide bonds. The lowest BCUT2D eigenvalue weighted by atomic mass is 10.2. The summed E-state index contributed by atoms with van der Waals surface area (Å²) in [4.78, 5) is 23.2. The lowest BCUT2D eigenvalue weighted by Crippen LogP contribution is -2.05. The van der Waals surface area contributed by atoms with E-state index in [1.165, 1.54) is 6.20 Å². The predicted molar refractivity (Wildman–Crippen MR) is 72.4 cm³/mol. The van der Waals surface area contributed by atoms with Crippen LogP contribution in [0.1, 0.15) is 16.1 Å². The summed E-state index contributed by atoms with van der Waals surface area (Å²) in [5, 5.41) is 8.91. The fourth-order valence-corrected chi connectivity index (χ4v) is 2.54. The molecule has 0 radical (unpaired) electrons. The van der Waals surface area contributed by atoms with Crippen LogP contribution in [-0.2, 0) is 0 Å². The molecule has 2 aromatic rings. The lowest BCUT2D eigenvalue weighted by molar-refractivity contribution is 0.0695. The minimum Gasteiger partial charge on any atom is -0.478 e. The van der Waals surface area contributed by atoms with E-state index >= 15 is 0 Å². The Labute approximate surface area is 120 Å². The van der Waals surface area contributed by atoms with Crippen molar-refractivity contribution in [1.82, 2.24) is 15.0 Å². The van der Waals surface area contributed by atoms with Crippen molar-refractivity contribution in [2.24, 2.45) is 0 Å². The second kappa shape index (κ2) is 5.11. The van der Waals surface area contributed by atoms with Crippen LogP contribution in [0.4, 0.5) is 0 Å². The van der Waals surface area contributed by atoms with Gasteiger partial charge in [0.15, 0.2) is 5.82 Å². The third-order valence-electron chi connectivity index (χ3n) is 2.23. The summed E-state index contributed by atoms with van der Waals surface area (Å²) < 4.78 is 1.57. The second-order valence-electron chi connectivity index (χ2n) is 3.48. The molecule has 0 bridgehead atoms. The van der Waals surface area contributed by atoms with Crippen molar-refractivity contribution in [2.45, 2.75) is 6.92 Å². The van der Waals surface area contributed by atoms with Crippen LogP contribution < -0.4 is 0 Å². The van der Waals surface area contributed by atoms with Crippen molar-refractivity contribution in [3.63, 3.8) is 0 Å². The first-order valence-electron chi connectivity index (χ1n) is 4.87. The van der Waals surface area contributed by atoms with Gasteiger partial charge < -0.3 is 5.11 Å². The van der Waals surface area contributed by atoms with Crippen molar-refractivity contribution in [1.29, 1.82) is 0 Å². The van der Waals surface area contributed by atoms with Crippen LogP contribution in [0, 0.1) is 6.92 Å². The van der Waals surface area contributed by atoms with Crippen molar-refractivity contribution >= 4 is 37.8 Å². The highest BCUT2D eigenvalue weighted by atomic mass is 79.9. The van der Waals surface area contributed by atoms with E-state index in [0.717, 1.165) is 8.95 Å². The van der Waals surface area contributed by atoms with E-state index in [2.05, 4.69) is 46.8 Å². The predicted octanol–water partition coefficient (Wildman–Crippen LogP) is 3.07. The normalized spacial score (nSPS) is 10.4. The van der Waals surface area contributed by atoms with Crippen LogP contribution >= 0.6 is 31.9 Å². The number of hydrogen-bond donors (Lipinski definition) is 1. The van der Waals surface area contributed by atoms with Gasteiger partial charge in [-0.3, -0.25) is 4.98 Å². The molecule has 0 aliphatic heterocycles. The number of carboxylic acids is 1. The molecule has 0 saturated heterocycles. The number of carboxylic acid groups (broad SMARTS) is 1. The van der Waals surface area contributed by atoms with Gasteiger partial charge in [0.05, 0.1) is 11.3 Å². The monoisotopic (exact) mass is 371 g/mol. The number of halogens is 2. The summed E-state index contributed by atoms with van der Waals surface area (Å²) in [7, 11) is 0. The SMILES string of the molecule is Cc1nc(-c2ncc(Br)cc2Br)ncc1C(=O)O. The first-order valence-corrected chi connectivity index (χ1v) is 6.46. The molecule has 2 rings (SSSR count). The molecule has 1 N–H and O–H groups in total. The number of aromatic carboxylic acids is 1. The highest BCUT2D eigenvalue weighted by Gasteiger charge is 2.13. The molecule has 92 valence electrons. The topological polar surface area (TPSA) is 76.0 Å². The van der Waals surface area contributed by atoms with E-state index < -0.39 is 5.97 Å². The molecule has 2 aromatic heterocycles. The van der Waals surface area contributed by atoms with Gasteiger partial charge in [0.2, 0.25) is 0 Å². The van der Waals surface area contributed by atoms with Gasteiger partial charge in [-0.25, -0.2) is 14.8 Å². The zero-order valence-corrected chi connectivity index (χ0v) is 12.4. The van der Waals surface area contributed by atoms with E-state index in [4.69, 9.17) is 5.11 Å². The number of pyridine rings is 1. The molecule has 7 heteroatoms. The Morgan fingerprint density at radius 2 is 2.00 bits per heavy atom. The smallest absolute Gasteiger partial charge is 0.339 e. The van der Waals surface area contributed by atoms with Gasteiger partial charge in [-0.1, -0.05) is 0 Å². The fourth-order valence-electron chi connectivity index (χ4n) is 1.37. The highest BCUT2D eigenvalue weighted by molar-refractivity contribution is 9.11. The van der Waals surface area contributed by atoms with Gasteiger partial charge in [-0.05, 0) is 44.8 Å². The first kappa shape index (κ1) is 13.1. The van der Waals surface area contributed by atoms with Crippen LogP contribution in [0.25, 0.3) is 11.5 Å². The Morgan fingerprint density at radius 1 is 1.28 bits per heavy atom. The molecule has 2 heterocycles. The summed E-state index contributed by atoms with van der Waals surface area (Å²) in [5.41, 5.74) is 1.06. The Hall–Kier alpha value is -1.34. The van der Waals surface area contributed by atoms with Crippen molar-refractivity contribution < 1.29 is 9.90 Å². The molecule has 5 nitrogen and oxygen atoms in total. The molecule has 0 atom stereocenters. The van der Waals surface area contributed by atoms with Gasteiger partial charge >= 0.3 is 5.97 Å².